The molecule has 0 radical (unpaired) electrons. The number of hydrogen-bond acceptors (Lipinski definition) is 6. The molecule has 0 saturated carbocycles. The van der Waals surface area contributed by atoms with Gasteiger partial charge in [0.15, 0.2) is 0 Å². The first-order chi connectivity index (χ1) is 13.0. The molecule has 2 aliphatic rings. The zero-order valence-electron chi connectivity index (χ0n) is 15.7. The van der Waals surface area contributed by atoms with Crippen molar-refractivity contribution in [2.75, 3.05) is 45.1 Å². The van der Waals surface area contributed by atoms with Crippen molar-refractivity contribution >= 4 is 10.0 Å². The van der Waals surface area contributed by atoms with E-state index in [1.165, 1.54) is 0 Å². The molecule has 1 aromatic carbocycles. The number of fused-ring (bicyclic) bond motifs is 2. The van der Waals surface area contributed by atoms with Crippen LogP contribution in [0.1, 0.15) is 25.3 Å². The highest BCUT2D eigenvalue weighted by atomic mass is 32.2. The van der Waals surface area contributed by atoms with E-state index in [-0.39, 0.29) is 18.0 Å². The van der Waals surface area contributed by atoms with Gasteiger partial charge in [0, 0.05) is 32.7 Å². The minimum absolute atomic E-state index is 0.0798. The van der Waals surface area contributed by atoms with E-state index in [0.29, 0.717) is 44.8 Å². The molecular formula is C19H27N3O4S. The molecule has 27 heavy (non-hydrogen) atoms. The van der Waals surface area contributed by atoms with Crippen LogP contribution < -0.4 is 4.74 Å². The summed E-state index contributed by atoms with van der Waals surface area (Å²) in [6.07, 6.45) is 1.42. The fourth-order valence-electron chi connectivity index (χ4n) is 3.52. The molecule has 1 aromatic rings. The zero-order valence-corrected chi connectivity index (χ0v) is 16.5. The molecule has 0 spiro atoms. The average molecular weight is 394 g/mol. The van der Waals surface area contributed by atoms with Gasteiger partial charge in [-0.2, -0.15) is 9.57 Å². The van der Waals surface area contributed by atoms with Gasteiger partial charge in [0.2, 0.25) is 10.0 Å². The molecule has 2 heterocycles. The first-order valence-electron chi connectivity index (χ1n) is 9.48. The molecule has 0 aromatic heterocycles. The quantitative estimate of drug-likeness (QED) is 0.665. The van der Waals surface area contributed by atoms with Crippen molar-refractivity contribution in [3.8, 4) is 11.8 Å². The third kappa shape index (κ3) is 5.42. The molecule has 2 saturated heterocycles. The molecule has 0 aliphatic carbocycles. The third-order valence-corrected chi connectivity index (χ3v) is 6.82. The summed E-state index contributed by atoms with van der Waals surface area (Å²) in [6.45, 7) is 5.62. The number of nitrogens with zero attached hydrogens (tertiary/aromatic N) is 3. The van der Waals surface area contributed by atoms with Crippen molar-refractivity contribution in [3.63, 3.8) is 0 Å². The van der Waals surface area contributed by atoms with Crippen molar-refractivity contribution in [1.29, 1.82) is 5.26 Å². The number of ether oxygens (including phenoxy) is 2. The Kier molecular flexibility index (Phi) is 6.71. The van der Waals surface area contributed by atoms with Crippen LogP contribution in [0.2, 0.25) is 0 Å². The topological polar surface area (TPSA) is 82.9 Å². The van der Waals surface area contributed by atoms with E-state index in [0.717, 1.165) is 18.7 Å². The standard InChI is InChI=1S/C19H27N3O4S/c1-2-3-10-27(23,24)22-14-18-12-21(13-19(15-22)26-18)8-9-25-17-6-4-16(11-20)5-7-17/h4-7,18-19H,2-3,8-10,12-15H2,1H3. The number of sulfonamides is 1. The van der Waals surface area contributed by atoms with Gasteiger partial charge < -0.3 is 9.47 Å². The molecule has 2 fully saturated rings. The second kappa shape index (κ2) is 9.02. The van der Waals surface area contributed by atoms with Gasteiger partial charge in [-0.1, -0.05) is 13.3 Å². The fraction of sp³-hybridized carbons (Fsp3) is 0.632. The van der Waals surface area contributed by atoms with E-state index >= 15 is 0 Å². The lowest BCUT2D eigenvalue weighted by atomic mass is 10.1. The van der Waals surface area contributed by atoms with Crippen LogP contribution in [0.15, 0.2) is 24.3 Å². The maximum atomic E-state index is 12.4. The van der Waals surface area contributed by atoms with Gasteiger partial charge >= 0.3 is 0 Å². The van der Waals surface area contributed by atoms with Gasteiger partial charge in [-0.15, -0.1) is 0 Å². The SMILES string of the molecule is CCCCS(=O)(=O)N1CC2CN(CCOc3ccc(C#N)cc3)CC(C1)O2. The summed E-state index contributed by atoms with van der Waals surface area (Å²) in [6, 6.07) is 9.16. The summed E-state index contributed by atoms with van der Waals surface area (Å²) in [7, 11) is -3.18. The van der Waals surface area contributed by atoms with Gasteiger partial charge in [0.25, 0.3) is 0 Å². The summed E-state index contributed by atoms with van der Waals surface area (Å²) in [4.78, 5) is 2.28. The Morgan fingerprint density at radius 3 is 2.44 bits per heavy atom. The lowest BCUT2D eigenvalue weighted by Gasteiger charge is -2.45. The van der Waals surface area contributed by atoms with Crippen LogP contribution in [0.4, 0.5) is 0 Å². The smallest absolute Gasteiger partial charge is 0.214 e. The predicted molar refractivity (Wildman–Crippen MR) is 102 cm³/mol. The maximum absolute atomic E-state index is 12.4. The predicted octanol–water partition coefficient (Wildman–Crippen LogP) is 1.45. The summed E-state index contributed by atoms with van der Waals surface area (Å²) < 4.78 is 38.2. The van der Waals surface area contributed by atoms with E-state index in [1.807, 2.05) is 6.92 Å². The molecule has 0 amide bonds. The second-order valence-electron chi connectivity index (χ2n) is 7.11. The summed E-state index contributed by atoms with van der Waals surface area (Å²) in [5, 5.41) is 8.81. The van der Waals surface area contributed by atoms with E-state index in [9.17, 15) is 8.42 Å². The minimum Gasteiger partial charge on any atom is -0.492 e. The first kappa shape index (κ1) is 20.1. The van der Waals surface area contributed by atoms with Crippen LogP contribution in [-0.4, -0.2) is 74.9 Å². The lowest BCUT2D eigenvalue weighted by Crippen LogP contribution is -2.61. The van der Waals surface area contributed by atoms with Crippen LogP contribution in [-0.2, 0) is 14.8 Å². The van der Waals surface area contributed by atoms with Gasteiger partial charge in [-0.25, -0.2) is 8.42 Å². The molecule has 8 heteroatoms. The summed E-state index contributed by atoms with van der Waals surface area (Å²) in [5.41, 5.74) is 0.613. The van der Waals surface area contributed by atoms with Crippen molar-refractivity contribution in [1.82, 2.24) is 9.21 Å². The molecule has 7 nitrogen and oxygen atoms in total. The highest BCUT2D eigenvalue weighted by Crippen LogP contribution is 2.22. The molecule has 3 rings (SSSR count). The average Bonchev–Trinajstić information content (AvgIpc) is 2.66. The molecule has 2 aliphatic heterocycles. The Morgan fingerprint density at radius 1 is 1.19 bits per heavy atom. The Bertz CT molecular complexity index is 746. The van der Waals surface area contributed by atoms with Crippen molar-refractivity contribution in [2.24, 2.45) is 0 Å². The Labute approximate surface area is 161 Å². The number of morpholine rings is 2. The Morgan fingerprint density at radius 2 is 1.85 bits per heavy atom. The fourth-order valence-corrected chi connectivity index (χ4v) is 5.22. The van der Waals surface area contributed by atoms with Gasteiger partial charge in [0.1, 0.15) is 12.4 Å². The van der Waals surface area contributed by atoms with Crippen LogP contribution in [0.25, 0.3) is 0 Å². The Balaban J connectivity index is 1.46. The van der Waals surface area contributed by atoms with Gasteiger partial charge in [-0.05, 0) is 30.7 Å². The number of rotatable bonds is 8. The first-order valence-corrected chi connectivity index (χ1v) is 11.1. The molecular weight excluding hydrogens is 366 g/mol. The van der Waals surface area contributed by atoms with Crippen LogP contribution in [0.5, 0.6) is 5.75 Å². The largest absolute Gasteiger partial charge is 0.492 e. The van der Waals surface area contributed by atoms with E-state index < -0.39 is 10.0 Å². The normalized spacial score (nSPS) is 23.7. The van der Waals surface area contributed by atoms with Crippen LogP contribution in [0.3, 0.4) is 0 Å². The van der Waals surface area contributed by atoms with Gasteiger partial charge in [-0.3, -0.25) is 4.90 Å². The third-order valence-electron chi connectivity index (χ3n) is 4.93. The van der Waals surface area contributed by atoms with E-state index in [1.54, 1.807) is 28.6 Å². The number of hydrogen-bond donors (Lipinski definition) is 0. The van der Waals surface area contributed by atoms with Crippen LogP contribution in [0, 0.1) is 11.3 Å². The van der Waals surface area contributed by atoms with E-state index in [4.69, 9.17) is 14.7 Å². The maximum Gasteiger partial charge on any atom is 0.214 e. The van der Waals surface area contributed by atoms with Crippen molar-refractivity contribution in [2.45, 2.75) is 32.0 Å². The summed E-state index contributed by atoms with van der Waals surface area (Å²) >= 11 is 0. The van der Waals surface area contributed by atoms with Crippen LogP contribution >= 0.6 is 0 Å². The molecule has 2 bridgehead atoms. The molecule has 2 atom stereocenters. The zero-order chi connectivity index (χ0) is 19.3. The summed E-state index contributed by atoms with van der Waals surface area (Å²) in [5.74, 6) is 0.973. The molecule has 0 N–H and O–H groups in total. The lowest BCUT2D eigenvalue weighted by molar-refractivity contribution is -0.123. The number of unbranched alkanes of at least 4 members (excludes halogenated alkanes) is 1. The number of nitriles is 1. The highest BCUT2D eigenvalue weighted by molar-refractivity contribution is 7.89. The van der Waals surface area contributed by atoms with Crippen molar-refractivity contribution < 1.29 is 17.9 Å². The highest BCUT2D eigenvalue weighted by Gasteiger charge is 2.38. The molecule has 148 valence electrons. The second-order valence-corrected chi connectivity index (χ2v) is 9.20. The molecule has 2 unspecified atom stereocenters. The minimum atomic E-state index is -3.18. The monoisotopic (exact) mass is 393 g/mol. The Hall–Kier alpha value is -1.66. The van der Waals surface area contributed by atoms with Crippen molar-refractivity contribution in [3.05, 3.63) is 29.8 Å². The van der Waals surface area contributed by atoms with E-state index in [2.05, 4.69) is 11.0 Å². The number of benzene rings is 1. The van der Waals surface area contributed by atoms with Gasteiger partial charge in [0.05, 0.1) is 29.6 Å².